The number of aromatic hydroxyl groups is 7. The number of phenols is 7. The van der Waals surface area contributed by atoms with E-state index in [1.807, 2.05) is 27.7 Å². The average Bonchev–Trinajstić information content (AvgIpc) is 3.37. The number of benzene rings is 4. The Hall–Kier alpha value is -6.40. The van der Waals surface area contributed by atoms with Crippen molar-refractivity contribution in [3.8, 4) is 51.7 Å². The van der Waals surface area contributed by atoms with E-state index in [2.05, 4.69) is 0 Å². The van der Waals surface area contributed by atoms with Gasteiger partial charge in [-0.15, -0.1) is 0 Å². The van der Waals surface area contributed by atoms with Crippen LogP contribution < -0.4 is 9.47 Å². The van der Waals surface area contributed by atoms with Gasteiger partial charge in [0, 0.05) is 59.1 Å². The quantitative estimate of drug-likeness (QED) is 0.0637. The first kappa shape index (κ1) is 38.9. The van der Waals surface area contributed by atoms with E-state index in [1.54, 1.807) is 25.2 Å². The number of Topliss-reactive ketones (excluding diaryl/α,β-unsaturated/α-hetero) is 2. The summed E-state index contributed by atoms with van der Waals surface area (Å²) in [6.07, 6.45) is 5.27. The lowest BCUT2D eigenvalue weighted by molar-refractivity contribution is -0.202. The highest BCUT2D eigenvalue weighted by molar-refractivity contribution is 6.10. The summed E-state index contributed by atoms with van der Waals surface area (Å²) in [5.41, 5.74) is 0.0194. The number of hydrogen-bond acceptors (Lipinski definition) is 12. The van der Waals surface area contributed by atoms with Crippen molar-refractivity contribution < 1.29 is 59.9 Å². The average molecular weight is 777 g/mol. The molecule has 0 saturated heterocycles. The molecule has 0 radical (unpaired) electrons. The lowest BCUT2D eigenvalue weighted by atomic mass is 9.64. The molecule has 4 aromatic carbocycles. The second-order valence-corrected chi connectivity index (χ2v) is 15.6. The maximum Gasteiger partial charge on any atom is 0.318 e. The van der Waals surface area contributed by atoms with Gasteiger partial charge in [0.25, 0.3) is 0 Å². The molecule has 12 heteroatoms. The Morgan fingerprint density at radius 3 is 2.09 bits per heavy atom. The van der Waals surface area contributed by atoms with Crippen LogP contribution in [0.25, 0.3) is 0 Å². The van der Waals surface area contributed by atoms with Crippen molar-refractivity contribution in [2.45, 2.75) is 77.1 Å². The number of ketones is 2. The van der Waals surface area contributed by atoms with Gasteiger partial charge >= 0.3 is 5.79 Å². The zero-order chi connectivity index (χ0) is 41.3. The number of allylic oxidation sites excluding steroid dienone is 5. The highest BCUT2D eigenvalue weighted by Gasteiger charge is 2.70. The van der Waals surface area contributed by atoms with Crippen LogP contribution in [0.15, 0.2) is 89.5 Å². The Morgan fingerprint density at radius 1 is 0.807 bits per heavy atom. The lowest BCUT2D eigenvalue weighted by Gasteiger charge is -2.44. The molecule has 0 saturated carbocycles. The normalized spacial score (nSPS) is 23.2. The van der Waals surface area contributed by atoms with Crippen LogP contribution >= 0.6 is 0 Å². The van der Waals surface area contributed by atoms with Crippen molar-refractivity contribution >= 4 is 11.6 Å². The number of carbonyl (C=O) groups is 2. The van der Waals surface area contributed by atoms with Gasteiger partial charge in [0.15, 0.2) is 5.78 Å². The Labute approximate surface area is 328 Å². The van der Waals surface area contributed by atoms with Crippen molar-refractivity contribution in [1.82, 2.24) is 0 Å². The highest BCUT2D eigenvalue weighted by atomic mass is 16.7. The van der Waals surface area contributed by atoms with Gasteiger partial charge in [0.2, 0.25) is 11.4 Å². The zero-order valence-corrected chi connectivity index (χ0v) is 32.0. The maximum atomic E-state index is 15.0. The molecule has 0 aromatic heterocycles. The molecule has 0 amide bonds. The number of aliphatic hydroxyl groups is 1. The van der Waals surface area contributed by atoms with E-state index in [4.69, 9.17) is 9.47 Å². The molecular weight excluding hydrogens is 732 g/mol. The number of rotatable bonds is 8. The van der Waals surface area contributed by atoms with Crippen LogP contribution in [0.5, 0.6) is 51.7 Å². The molecule has 296 valence electrons. The molecule has 8 N–H and O–H groups in total. The predicted octanol–water partition coefficient (Wildman–Crippen LogP) is 7.76. The molecule has 3 aliphatic rings. The minimum atomic E-state index is -2.78. The van der Waals surface area contributed by atoms with Gasteiger partial charge in [0.05, 0.1) is 5.56 Å². The van der Waals surface area contributed by atoms with E-state index in [1.165, 1.54) is 42.5 Å². The van der Waals surface area contributed by atoms with Gasteiger partial charge in [0.1, 0.15) is 57.3 Å². The smallest absolute Gasteiger partial charge is 0.318 e. The molecule has 57 heavy (non-hydrogen) atoms. The summed E-state index contributed by atoms with van der Waals surface area (Å²) in [4.78, 5) is 29.9. The minimum absolute atomic E-state index is 0.0214. The zero-order valence-electron chi connectivity index (χ0n) is 32.0. The second-order valence-electron chi connectivity index (χ2n) is 15.6. The molecule has 4 aromatic rings. The molecule has 0 unspecified atom stereocenters. The lowest BCUT2D eigenvalue weighted by Crippen LogP contribution is -2.62. The third kappa shape index (κ3) is 6.20. The molecular formula is C45H44O12. The van der Waals surface area contributed by atoms with Gasteiger partial charge in [-0.05, 0) is 83.4 Å². The Kier molecular flexibility index (Phi) is 9.52. The summed E-state index contributed by atoms with van der Waals surface area (Å²) in [5, 5.41) is 90.0. The summed E-state index contributed by atoms with van der Waals surface area (Å²) in [7, 11) is 0. The SMILES string of the molecule is CC(C)=CCc1c(O)c([C@H]2C=C(C)C[C@@H](c3ccc(O)cc3O)[C@@H]2C(=O)c2ccc(O)cc2O)c(O)c2c1O[C@]1(CC=C(C)C)c3ccc(O)cc3O[C@]1(O)C2=O. The molecule has 0 fully saturated rings. The van der Waals surface area contributed by atoms with Crippen molar-refractivity contribution in [3.63, 3.8) is 0 Å². The standard InChI is InChI=1S/C45H44O12/c1-21(2)6-10-29-40(52)37(41(53)38-42(29)57-44(15-14-22(3)4)32-13-9-26(48)20-35(32)56-45(44,55)43(38)54)31-17-23(5)16-30(27-11-7-24(46)18-33(27)49)36(31)39(51)28-12-8-25(47)19-34(28)50/h6-9,11-14,17-20,30-31,36,46-50,52-53,55H,10,15-16H2,1-5H3/t30-,31-,36-,44+,45+/m0/s1. The fraction of sp³-hybridized carbons (Fsp3) is 0.289. The van der Waals surface area contributed by atoms with E-state index in [9.17, 15) is 45.6 Å². The Bertz CT molecular complexity index is 2450. The van der Waals surface area contributed by atoms with Crippen LogP contribution in [0.2, 0.25) is 0 Å². The second kappa shape index (κ2) is 14.0. The van der Waals surface area contributed by atoms with Crippen LogP contribution in [0, 0.1) is 5.92 Å². The number of ether oxygens (including phenoxy) is 2. The van der Waals surface area contributed by atoms with Crippen molar-refractivity contribution in [2.24, 2.45) is 5.92 Å². The van der Waals surface area contributed by atoms with Gasteiger partial charge in [-0.25, -0.2) is 0 Å². The van der Waals surface area contributed by atoms with E-state index < -0.39 is 63.5 Å². The van der Waals surface area contributed by atoms with E-state index in [-0.39, 0.29) is 81.6 Å². The fourth-order valence-electron chi connectivity index (χ4n) is 8.47. The molecule has 1 aliphatic carbocycles. The van der Waals surface area contributed by atoms with Crippen molar-refractivity contribution in [3.05, 3.63) is 123 Å². The summed E-state index contributed by atoms with van der Waals surface area (Å²) >= 11 is 0. The van der Waals surface area contributed by atoms with Crippen LogP contribution in [0.3, 0.4) is 0 Å². The first-order valence-corrected chi connectivity index (χ1v) is 18.5. The van der Waals surface area contributed by atoms with Gasteiger partial charge in [-0.3, -0.25) is 9.59 Å². The van der Waals surface area contributed by atoms with Crippen LogP contribution in [-0.2, 0) is 12.0 Å². The fourth-order valence-corrected chi connectivity index (χ4v) is 8.47. The van der Waals surface area contributed by atoms with Gasteiger partial charge in [-0.1, -0.05) is 41.0 Å². The van der Waals surface area contributed by atoms with Gasteiger partial charge in [-0.2, -0.15) is 0 Å². The molecule has 0 bridgehead atoms. The molecule has 7 rings (SSSR count). The summed E-state index contributed by atoms with van der Waals surface area (Å²) in [6, 6.07) is 11.5. The third-order valence-corrected chi connectivity index (χ3v) is 11.2. The molecule has 2 aliphatic heterocycles. The Balaban J connectivity index is 1.52. The first-order valence-electron chi connectivity index (χ1n) is 18.5. The number of hydrogen-bond donors (Lipinski definition) is 8. The summed E-state index contributed by atoms with van der Waals surface area (Å²) in [6.45, 7) is 9.08. The maximum absolute atomic E-state index is 15.0. The number of phenolic OH excluding ortho intramolecular Hbond substituents is 7. The Morgan fingerprint density at radius 2 is 1.44 bits per heavy atom. The third-order valence-electron chi connectivity index (χ3n) is 11.2. The van der Waals surface area contributed by atoms with Crippen LogP contribution in [-0.4, -0.2) is 58.2 Å². The molecule has 5 atom stereocenters. The predicted molar refractivity (Wildman–Crippen MR) is 208 cm³/mol. The van der Waals surface area contributed by atoms with E-state index in [0.29, 0.717) is 5.57 Å². The summed E-state index contributed by atoms with van der Waals surface area (Å²) in [5.74, 6) is -11.1. The number of fused-ring (bicyclic) bond motifs is 4. The highest BCUT2D eigenvalue weighted by Crippen LogP contribution is 2.62. The molecule has 12 nitrogen and oxygen atoms in total. The first-order chi connectivity index (χ1) is 26.9. The van der Waals surface area contributed by atoms with E-state index >= 15 is 4.79 Å². The molecule has 2 heterocycles. The van der Waals surface area contributed by atoms with Crippen LogP contribution in [0.4, 0.5) is 0 Å². The summed E-state index contributed by atoms with van der Waals surface area (Å²) < 4.78 is 12.7. The topological polar surface area (TPSA) is 214 Å². The molecule has 0 spiro atoms. The largest absolute Gasteiger partial charge is 0.508 e. The van der Waals surface area contributed by atoms with Crippen molar-refractivity contribution in [2.75, 3.05) is 0 Å². The monoisotopic (exact) mass is 776 g/mol. The van der Waals surface area contributed by atoms with E-state index in [0.717, 1.165) is 23.3 Å². The van der Waals surface area contributed by atoms with Crippen molar-refractivity contribution in [1.29, 1.82) is 0 Å². The minimum Gasteiger partial charge on any atom is -0.508 e. The number of carbonyl (C=O) groups excluding carboxylic acids is 2. The van der Waals surface area contributed by atoms with Gasteiger partial charge < -0.3 is 50.3 Å². The van der Waals surface area contributed by atoms with Crippen LogP contribution in [0.1, 0.15) is 102 Å².